The second kappa shape index (κ2) is 14.9. The quantitative estimate of drug-likeness (QED) is 0.166. The molecular weight excluding hydrogens is 691 g/mol. The third-order valence-corrected chi connectivity index (χ3v) is 11.3. The van der Waals surface area contributed by atoms with Crippen LogP contribution >= 0.6 is 11.3 Å². The predicted octanol–water partition coefficient (Wildman–Crippen LogP) is 3.68. The van der Waals surface area contributed by atoms with Crippen LogP contribution in [0.1, 0.15) is 42.7 Å². The highest BCUT2D eigenvalue weighted by Crippen LogP contribution is 2.36. The molecule has 0 saturated carbocycles. The van der Waals surface area contributed by atoms with Crippen molar-refractivity contribution in [1.82, 2.24) is 40.0 Å². The molecule has 0 aromatic carbocycles. The van der Waals surface area contributed by atoms with Crippen LogP contribution in [-0.2, 0) is 9.59 Å². The molecule has 8 heterocycles. The highest BCUT2D eigenvalue weighted by molar-refractivity contribution is 7.18. The lowest BCUT2D eigenvalue weighted by atomic mass is 9.91. The highest BCUT2D eigenvalue weighted by atomic mass is 32.1. The summed E-state index contributed by atoms with van der Waals surface area (Å²) in [5.74, 6) is 0.811. The molecule has 3 fully saturated rings. The van der Waals surface area contributed by atoms with Crippen LogP contribution in [0.25, 0.3) is 27.5 Å². The van der Waals surface area contributed by atoms with Crippen molar-refractivity contribution in [3.8, 4) is 34.1 Å². The Morgan fingerprint density at radius 1 is 0.906 bits per heavy atom. The second-order valence-corrected chi connectivity index (χ2v) is 14.6. The van der Waals surface area contributed by atoms with Gasteiger partial charge in [-0.3, -0.25) is 24.8 Å². The van der Waals surface area contributed by atoms with E-state index in [2.05, 4.69) is 57.8 Å². The van der Waals surface area contributed by atoms with E-state index in [1.807, 2.05) is 30.3 Å². The van der Waals surface area contributed by atoms with Crippen molar-refractivity contribution in [2.45, 2.75) is 31.6 Å². The van der Waals surface area contributed by atoms with Crippen LogP contribution in [0.5, 0.6) is 0 Å². The number of piperazine rings is 1. The number of nitrogens with one attached hydrogen (secondary N) is 2. The van der Waals surface area contributed by atoms with Gasteiger partial charge in [-0.05, 0) is 61.1 Å². The number of hydrogen-bond donors (Lipinski definition) is 2. The van der Waals surface area contributed by atoms with E-state index >= 15 is 0 Å². The van der Waals surface area contributed by atoms with Crippen molar-refractivity contribution in [1.29, 1.82) is 10.5 Å². The normalized spacial score (nSPS) is 18.5. The van der Waals surface area contributed by atoms with Crippen molar-refractivity contribution in [2.75, 3.05) is 67.5 Å². The summed E-state index contributed by atoms with van der Waals surface area (Å²) in [6, 6.07) is 15.7. The summed E-state index contributed by atoms with van der Waals surface area (Å²) in [5, 5.41) is 39.3. The number of piperidine rings is 2. The Morgan fingerprint density at radius 2 is 1.75 bits per heavy atom. The Bertz CT molecular complexity index is 2220. The smallest absolute Gasteiger partial charge is 0.234 e. The molecular formula is C37H37N13O2S. The van der Waals surface area contributed by atoms with Gasteiger partial charge in [0.1, 0.15) is 18.4 Å². The maximum Gasteiger partial charge on any atom is 0.234 e. The second-order valence-electron chi connectivity index (χ2n) is 13.6. The van der Waals surface area contributed by atoms with Gasteiger partial charge in [0.05, 0.1) is 46.2 Å². The van der Waals surface area contributed by atoms with Gasteiger partial charge in [0.15, 0.2) is 5.01 Å². The third kappa shape index (κ3) is 7.24. The SMILES string of the molecule is N#CCNc1cc(-c2ccc3cc(C#N)cnn23)ncc1-c1nnc(N2CCN(CC3CCN(c4ccc([C@H]5CCC(=O)NC5=O)cn4)CC3)CC2)s1. The fourth-order valence-electron chi connectivity index (χ4n) is 7.39. The lowest BCUT2D eigenvalue weighted by Gasteiger charge is -2.39. The number of anilines is 3. The summed E-state index contributed by atoms with van der Waals surface area (Å²) in [6.07, 6.45) is 8.18. The molecule has 5 aromatic rings. The first-order chi connectivity index (χ1) is 25.9. The summed E-state index contributed by atoms with van der Waals surface area (Å²) in [7, 11) is 0. The number of carbonyl (C=O) groups excluding carboxylic acids is 2. The summed E-state index contributed by atoms with van der Waals surface area (Å²) in [4.78, 5) is 40.4. The average molecular weight is 728 g/mol. The summed E-state index contributed by atoms with van der Waals surface area (Å²) in [5.41, 5.74) is 5.10. The lowest BCUT2D eigenvalue weighted by molar-refractivity contribution is -0.134. The minimum atomic E-state index is -0.313. The molecule has 0 bridgehead atoms. The molecule has 268 valence electrons. The Balaban J connectivity index is 0.852. The zero-order chi connectivity index (χ0) is 36.3. The molecule has 2 amide bonds. The van der Waals surface area contributed by atoms with E-state index in [-0.39, 0.29) is 24.3 Å². The Kier molecular flexibility index (Phi) is 9.62. The van der Waals surface area contributed by atoms with E-state index in [4.69, 9.17) is 4.98 Å². The zero-order valence-corrected chi connectivity index (χ0v) is 29.8. The van der Waals surface area contributed by atoms with Crippen molar-refractivity contribution in [3.63, 3.8) is 0 Å². The molecule has 0 radical (unpaired) electrons. The first-order valence-electron chi connectivity index (χ1n) is 17.8. The summed E-state index contributed by atoms with van der Waals surface area (Å²) < 4.78 is 1.74. The Labute approximate surface area is 309 Å². The number of rotatable bonds is 9. The van der Waals surface area contributed by atoms with Crippen molar-refractivity contribution in [3.05, 3.63) is 66.1 Å². The lowest BCUT2D eigenvalue weighted by Crippen LogP contribution is -2.49. The first kappa shape index (κ1) is 34.1. The molecule has 0 aliphatic carbocycles. The molecule has 5 aromatic heterocycles. The molecule has 16 heteroatoms. The van der Waals surface area contributed by atoms with Crippen molar-refractivity contribution >= 4 is 45.3 Å². The van der Waals surface area contributed by atoms with Gasteiger partial charge in [-0.2, -0.15) is 15.6 Å². The van der Waals surface area contributed by atoms with Gasteiger partial charge in [0.2, 0.25) is 16.9 Å². The Morgan fingerprint density at radius 3 is 2.51 bits per heavy atom. The maximum absolute atomic E-state index is 12.3. The predicted molar refractivity (Wildman–Crippen MR) is 199 cm³/mol. The average Bonchev–Trinajstić information content (AvgIpc) is 3.86. The van der Waals surface area contributed by atoms with E-state index in [1.165, 1.54) is 17.5 Å². The van der Waals surface area contributed by atoms with Crippen molar-refractivity contribution in [2.24, 2.45) is 5.92 Å². The van der Waals surface area contributed by atoms with E-state index in [0.29, 0.717) is 30.0 Å². The first-order valence-corrected chi connectivity index (χ1v) is 18.6. The number of carbonyl (C=O) groups is 2. The van der Waals surface area contributed by atoms with Crippen LogP contribution < -0.4 is 20.4 Å². The standard InChI is InChI=1S/C37H37N13O2S/c38-9-10-40-30-18-31(32-4-2-27-17-25(19-39)20-43-50(27)32)41-22-29(30)36-45-46-37(53-36)49-15-13-47(14-16-49)23-24-7-11-48(12-8-24)33-5-1-26(21-42-33)28-3-6-34(51)44-35(28)52/h1-2,4-5,17-18,20-22,24,28H,3,6-8,10-16,23H2,(H,40,41)(H,44,51,52)/t28-/m1/s1. The van der Waals surface area contributed by atoms with Gasteiger partial charge in [0.25, 0.3) is 0 Å². The topological polar surface area (TPSA) is 184 Å². The van der Waals surface area contributed by atoms with Gasteiger partial charge < -0.3 is 15.1 Å². The molecule has 3 saturated heterocycles. The number of nitriles is 2. The fraction of sp³-hybridized carbons (Fsp3) is 0.378. The van der Waals surface area contributed by atoms with Crippen LogP contribution in [0.3, 0.4) is 0 Å². The van der Waals surface area contributed by atoms with Crippen LogP contribution in [0.2, 0.25) is 0 Å². The maximum atomic E-state index is 12.3. The molecule has 0 spiro atoms. The van der Waals surface area contributed by atoms with Crippen LogP contribution in [0.4, 0.5) is 16.6 Å². The van der Waals surface area contributed by atoms with E-state index < -0.39 is 0 Å². The van der Waals surface area contributed by atoms with E-state index in [0.717, 1.165) is 103 Å². The monoisotopic (exact) mass is 727 g/mol. The van der Waals surface area contributed by atoms with Crippen LogP contribution in [-0.4, -0.2) is 98.9 Å². The molecule has 1 atom stereocenters. The molecule has 3 aliphatic rings. The van der Waals surface area contributed by atoms with E-state index in [9.17, 15) is 20.1 Å². The molecule has 0 unspecified atom stereocenters. The van der Waals surface area contributed by atoms with Gasteiger partial charge in [-0.25, -0.2) is 9.50 Å². The van der Waals surface area contributed by atoms with Gasteiger partial charge in [0, 0.05) is 70.3 Å². The Hall–Kier alpha value is -5.97. The van der Waals surface area contributed by atoms with Crippen molar-refractivity contribution < 1.29 is 9.59 Å². The highest BCUT2D eigenvalue weighted by Gasteiger charge is 2.29. The summed E-state index contributed by atoms with van der Waals surface area (Å²) in [6.45, 7) is 6.75. The van der Waals surface area contributed by atoms with Gasteiger partial charge >= 0.3 is 0 Å². The van der Waals surface area contributed by atoms with Crippen LogP contribution in [0.15, 0.2) is 55.0 Å². The van der Waals surface area contributed by atoms with Crippen LogP contribution in [0, 0.1) is 28.6 Å². The molecule has 53 heavy (non-hydrogen) atoms. The largest absolute Gasteiger partial charge is 0.372 e. The zero-order valence-electron chi connectivity index (χ0n) is 29.0. The minimum absolute atomic E-state index is 0.123. The molecule has 2 N–H and O–H groups in total. The fourth-order valence-corrected chi connectivity index (χ4v) is 8.31. The number of aromatic nitrogens is 6. The number of hydrogen-bond acceptors (Lipinski definition) is 14. The van der Waals surface area contributed by atoms with E-state index in [1.54, 1.807) is 23.0 Å². The number of amides is 2. The number of nitrogens with zero attached hydrogens (tertiary/aromatic N) is 11. The number of imide groups is 1. The number of pyridine rings is 2. The molecule has 15 nitrogen and oxygen atoms in total. The van der Waals surface area contributed by atoms with Gasteiger partial charge in [-0.1, -0.05) is 17.4 Å². The van der Waals surface area contributed by atoms with Gasteiger partial charge in [-0.15, -0.1) is 10.2 Å². The minimum Gasteiger partial charge on any atom is -0.372 e. The molecule has 8 rings (SSSR count). The third-order valence-electron chi connectivity index (χ3n) is 10.3. The number of fused-ring (bicyclic) bond motifs is 1. The molecule has 3 aliphatic heterocycles. The summed E-state index contributed by atoms with van der Waals surface area (Å²) >= 11 is 1.52.